The van der Waals surface area contributed by atoms with Crippen LogP contribution < -0.4 is 4.90 Å². The third-order valence-electron chi connectivity index (χ3n) is 2.84. The van der Waals surface area contributed by atoms with Crippen molar-refractivity contribution < 1.29 is 4.79 Å². The Hall–Kier alpha value is -1.03. The molecule has 0 aliphatic rings. The molecule has 1 rings (SSSR count). The largest absolute Gasteiger partial charge is 0.378 e. The zero-order valence-electron chi connectivity index (χ0n) is 11.3. The van der Waals surface area contributed by atoms with Crippen LogP contribution in [0.4, 0.5) is 5.69 Å². The van der Waals surface area contributed by atoms with Crippen molar-refractivity contribution in [3.05, 3.63) is 29.8 Å². The van der Waals surface area contributed by atoms with Crippen LogP contribution in [0.1, 0.15) is 23.7 Å². The second-order valence-electron chi connectivity index (χ2n) is 4.37. The Labute approximate surface area is 118 Å². The van der Waals surface area contributed by atoms with Gasteiger partial charge in [0.1, 0.15) is 0 Å². The predicted octanol–water partition coefficient (Wildman–Crippen LogP) is 3.00. The number of hydrogen-bond acceptors (Lipinski definition) is 2. The van der Waals surface area contributed by atoms with Crippen molar-refractivity contribution >= 4 is 27.5 Å². The number of halogens is 1. The molecule has 0 spiro atoms. The van der Waals surface area contributed by atoms with Crippen LogP contribution in [0.15, 0.2) is 24.3 Å². The van der Waals surface area contributed by atoms with Gasteiger partial charge in [-0.1, -0.05) is 22.0 Å². The summed E-state index contributed by atoms with van der Waals surface area (Å²) in [4.78, 5) is 16.2. The molecule has 0 atom stereocenters. The van der Waals surface area contributed by atoms with E-state index in [-0.39, 0.29) is 5.91 Å². The zero-order valence-corrected chi connectivity index (χ0v) is 12.9. The van der Waals surface area contributed by atoms with Gasteiger partial charge in [-0.3, -0.25) is 4.79 Å². The summed E-state index contributed by atoms with van der Waals surface area (Å²) < 4.78 is 0. The molecule has 1 aromatic rings. The van der Waals surface area contributed by atoms with E-state index in [0.717, 1.165) is 36.1 Å². The lowest BCUT2D eigenvalue weighted by molar-refractivity contribution is 0.0765. The van der Waals surface area contributed by atoms with E-state index < -0.39 is 0 Å². The quantitative estimate of drug-likeness (QED) is 0.754. The molecule has 0 saturated carbocycles. The van der Waals surface area contributed by atoms with Crippen molar-refractivity contribution in [2.75, 3.05) is 37.4 Å². The Morgan fingerprint density at radius 2 is 2.06 bits per heavy atom. The van der Waals surface area contributed by atoms with Gasteiger partial charge in [0.25, 0.3) is 5.91 Å². The number of alkyl halides is 1. The van der Waals surface area contributed by atoms with Gasteiger partial charge in [0, 0.05) is 43.8 Å². The molecule has 0 aliphatic carbocycles. The van der Waals surface area contributed by atoms with E-state index in [2.05, 4.69) is 15.9 Å². The summed E-state index contributed by atoms with van der Waals surface area (Å²) in [5, 5.41) is 0.925. The Bertz CT molecular complexity index is 393. The highest BCUT2D eigenvalue weighted by Crippen LogP contribution is 2.15. The summed E-state index contributed by atoms with van der Waals surface area (Å²) in [7, 11) is 3.96. The van der Waals surface area contributed by atoms with Crippen LogP contribution in [0.2, 0.25) is 0 Å². The number of amides is 1. The lowest BCUT2D eigenvalue weighted by Crippen LogP contribution is -2.32. The molecule has 0 heterocycles. The average Bonchev–Trinajstić information content (AvgIpc) is 2.39. The molecular weight excluding hydrogens is 292 g/mol. The van der Waals surface area contributed by atoms with E-state index in [1.165, 1.54) is 0 Å². The SMILES string of the molecule is CCN(CCCBr)C(=O)c1cccc(N(C)C)c1. The van der Waals surface area contributed by atoms with Crippen molar-refractivity contribution in [3.63, 3.8) is 0 Å². The van der Waals surface area contributed by atoms with E-state index in [1.807, 2.05) is 55.1 Å². The van der Waals surface area contributed by atoms with Gasteiger partial charge in [-0.05, 0) is 31.5 Å². The Morgan fingerprint density at radius 3 is 2.61 bits per heavy atom. The van der Waals surface area contributed by atoms with Gasteiger partial charge in [-0.15, -0.1) is 0 Å². The molecule has 0 bridgehead atoms. The Kier molecular flexibility index (Phi) is 6.19. The molecule has 1 aromatic carbocycles. The third-order valence-corrected chi connectivity index (χ3v) is 3.40. The maximum Gasteiger partial charge on any atom is 0.253 e. The van der Waals surface area contributed by atoms with Crippen molar-refractivity contribution in [1.29, 1.82) is 0 Å². The van der Waals surface area contributed by atoms with Gasteiger partial charge in [0.2, 0.25) is 0 Å². The highest BCUT2D eigenvalue weighted by atomic mass is 79.9. The van der Waals surface area contributed by atoms with Crippen LogP contribution in [0.3, 0.4) is 0 Å². The number of nitrogens with zero attached hydrogens (tertiary/aromatic N) is 2. The second-order valence-corrected chi connectivity index (χ2v) is 5.17. The smallest absolute Gasteiger partial charge is 0.253 e. The van der Waals surface area contributed by atoms with Crippen molar-refractivity contribution in [1.82, 2.24) is 4.90 Å². The van der Waals surface area contributed by atoms with Crippen LogP contribution in [0.25, 0.3) is 0 Å². The zero-order chi connectivity index (χ0) is 13.5. The fourth-order valence-corrected chi connectivity index (χ4v) is 2.00. The fraction of sp³-hybridized carbons (Fsp3) is 0.500. The van der Waals surface area contributed by atoms with Crippen LogP contribution in [-0.4, -0.2) is 43.3 Å². The molecule has 0 N–H and O–H groups in total. The summed E-state index contributed by atoms with van der Waals surface area (Å²) in [5.74, 6) is 0.113. The lowest BCUT2D eigenvalue weighted by atomic mass is 10.1. The van der Waals surface area contributed by atoms with Gasteiger partial charge in [-0.2, -0.15) is 0 Å². The molecule has 100 valence electrons. The standard InChI is InChI=1S/C14H21BrN2O/c1-4-17(10-6-9-15)14(18)12-7-5-8-13(11-12)16(2)3/h5,7-8,11H,4,6,9-10H2,1-3H3. The maximum absolute atomic E-state index is 12.3. The lowest BCUT2D eigenvalue weighted by Gasteiger charge is -2.21. The first-order valence-corrected chi connectivity index (χ1v) is 7.35. The van der Waals surface area contributed by atoms with E-state index in [1.54, 1.807) is 0 Å². The van der Waals surface area contributed by atoms with Gasteiger partial charge in [0.05, 0.1) is 0 Å². The number of carbonyl (C=O) groups is 1. The molecule has 0 fully saturated rings. The van der Waals surface area contributed by atoms with Gasteiger partial charge in [-0.25, -0.2) is 0 Å². The minimum Gasteiger partial charge on any atom is -0.378 e. The van der Waals surface area contributed by atoms with E-state index >= 15 is 0 Å². The summed E-state index contributed by atoms with van der Waals surface area (Å²) in [6.45, 7) is 3.56. The first-order valence-electron chi connectivity index (χ1n) is 6.22. The van der Waals surface area contributed by atoms with Crippen molar-refractivity contribution in [2.24, 2.45) is 0 Å². The van der Waals surface area contributed by atoms with E-state index in [9.17, 15) is 4.79 Å². The fourth-order valence-electron chi connectivity index (χ4n) is 1.75. The summed E-state index contributed by atoms with van der Waals surface area (Å²) >= 11 is 3.40. The van der Waals surface area contributed by atoms with Gasteiger partial charge >= 0.3 is 0 Å². The minimum atomic E-state index is 0.113. The number of rotatable bonds is 6. The highest BCUT2D eigenvalue weighted by Gasteiger charge is 2.14. The molecule has 0 aliphatic heterocycles. The molecule has 0 radical (unpaired) electrons. The van der Waals surface area contributed by atoms with Crippen LogP contribution >= 0.6 is 15.9 Å². The topological polar surface area (TPSA) is 23.6 Å². The molecule has 1 amide bonds. The molecule has 0 saturated heterocycles. The Morgan fingerprint density at radius 1 is 1.33 bits per heavy atom. The van der Waals surface area contributed by atoms with E-state index in [4.69, 9.17) is 0 Å². The van der Waals surface area contributed by atoms with E-state index in [0.29, 0.717) is 0 Å². The summed E-state index contributed by atoms with van der Waals surface area (Å²) in [6, 6.07) is 7.76. The molecule has 0 aromatic heterocycles. The Balaban J connectivity index is 2.84. The number of hydrogen-bond donors (Lipinski definition) is 0. The molecular formula is C14H21BrN2O. The molecule has 18 heavy (non-hydrogen) atoms. The molecule has 3 nitrogen and oxygen atoms in total. The monoisotopic (exact) mass is 312 g/mol. The van der Waals surface area contributed by atoms with Crippen LogP contribution in [0.5, 0.6) is 0 Å². The van der Waals surface area contributed by atoms with Crippen molar-refractivity contribution in [3.8, 4) is 0 Å². The molecule has 4 heteroatoms. The second kappa shape index (κ2) is 7.41. The minimum absolute atomic E-state index is 0.113. The summed E-state index contributed by atoms with van der Waals surface area (Å²) in [5.41, 5.74) is 1.81. The normalized spacial score (nSPS) is 10.2. The average molecular weight is 313 g/mol. The number of carbonyl (C=O) groups excluding carboxylic acids is 1. The predicted molar refractivity (Wildman–Crippen MR) is 80.8 cm³/mol. The highest BCUT2D eigenvalue weighted by molar-refractivity contribution is 9.09. The van der Waals surface area contributed by atoms with Crippen LogP contribution in [-0.2, 0) is 0 Å². The third kappa shape index (κ3) is 4.02. The maximum atomic E-state index is 12.3. The summed E-state index contributed by atoms with van der Waals surface area (Å²) in [6.07, 6.45) is 0.979. The van der Waals surface area contributed by atoms with Crippen molar-refractivity contribution in [2.45, 2.75) is 13.3 Å². The first-order chi connectivity index (χ1) is 8.60. The number of anilines is 1. The van der Waals surface area contributed by atoms with Gasteiger partial charge in [0.15, 0.2) is 0 Å². The first kappa shape index (κ1) is 15.0. The molecule has 0 unspecified atom stereocenters. The van der Waals surface area contributed by atoms with Gasteiger partial charge < -0.3 is 9.80 Å². The number of benzene rings is 1. The van der Waals surface area contributed by atoms with Crippen LogP contribution in [0, 0.1) is 0 Å².